The molecule has 0 spiro atoms. The molecule has 3 unspecified atom stereocenters. The van der Waals surface area contributed by atoms with E-state index in [0.29, 0.717) is 11.6 Å². The minimum Gasteiger partial charge on any atom is -0.463 e. The number of halogens is 1. The van der Waals surface area contributed by atoms with Gasteiger partial charge in [0.05, 0.1) is 4.47 Å². The molecule has 2 N–H and O–H groups in total. The molecule has 2 aromatic rings. The van der Waals surface area contributed by atoms with E-state index in [9.17, 15) is 4.79 Å². The standard InChI is InChI=1S/C15H15BrN2O2/c16-11-7-20-14-5-9(1-2-10(11)14)15(19)18-13-4-8-3-12(13)17-6-8/h1-2,5,7-8,12-13,17H,3-4,6H2,(H,18,19). The van der Waals surface area contributed by atoms with Crippen molar-refractivity contribution in [2.24, 2.45) is 5.92 Å². The summed E-state index contributed by atoms with van der Waals surface area (Å²) in [5.41, 5.74) is 1.39. The lowest BCUT2D eigenvalue weighted by molar-refractivity contribution is 0.0928. The fourth-order valence-corrected chi connectivity index (χ4v) is 3.82. The van der Waals surface area contributed by atoms with Crippen LogP contribution in [-0.2, 0) is 0 Å². The number of nitrogens with one attached hydrogen (secondary N) is 2. The van der Waals surface area contributed by atoms with Crippen LogP contribution >= 0.6 is 15.9 Å². The molecule has 4 rings (SSSR count). The number of furan rings is 1. The van der Waals surface area contributed by atoms with E-state index in [-0.39, 0.29) is 11.9 Å². The zero-order valence-corrected chi connectivity index (χ0v) is 12.4. The van der Waals surface area contributed by atoms with Crippen molar-refractivity contribution in [2.75, 3.05) is 6.54 Å². The number of hydrogen-bond acceptors (Lipinski definition) is 3. The van der Waals surface area contributed by atoms with Gasteiger partial charge >= 0.3 is 0 Å². The molecule has 2 aliphatic rings. The molecule has 2 heterocycles. The molecule has 4 nitrogen and oxygen atoms in total. The summed E-state index contributed by atoms with van der Waals surface area (Å²) in [5.74, 6) is 0.715. The first-order valence-corrected chi connectivity index (χ1v) is 7.71. The van der Waals surface area contributed by atoms with Crippen LogP contribution in [0.1, 0.15) is 23.2 Å². The topological polar surface area (TPSA) is 54.3 Å². The van der Waals surface area contributed by atoms with Gasteiger partial charge in [0.2, 0.25) is 0 Å². The first-order valence-electron chi connectivity index (χ1n) is 6.92. The molecule has 1 amide bonds. The maximum atomic E-state index is 12.3. The van der Waals surface area contributed by atoms with Crippen molar-refractivity contribution in [3.8, 4) is 0 Å². The summed E-state index contributed by atoms with van der Waals surface area (Å²) >= 11 is 3.42. The van der Waals surface area contributed by atoms with Gasteiger partial charge in [0.15, 0.2) is 0 Å². The van der Waals surface area contributed by atoms with Gasteiger partial charge in [-0.1, -0.05) is 0 Å². The molecular weight excluding hydrogens is 320 g/mol. The number of carbonyl (C=O) groups excluding carboxylic acids is 1. The van der Waals surface area contributed by atoms with Crippen molar-refractivity contribution in [3.05, 3.63) is 34.5 Å². The molecule has 1 aromatic carbocycles. The Labute approximate surface area is 125 Å². The monoisotopic (exact) mass is 334 g/mol. The Balaban J connectivity index is 1.54. The molecule has 1 aromatic heterocycles. The molecule has 2 fully saturated rings. The minimum atomic E-state index is -0.0150. The fraction of sp³-hybridized carbons (Fsp3) is 0.400. The fourth-order valence-electron chi connectivity index (χ4n) is 3.40. The summed E-state index contributed by atoms with van der Waals surface area (Å²) < 4.78 is 6.33. The number of amides is 1. The number of piperidine rings is 1. The van der Waals surface area contributed by atoms with Gasteiger partial charge in [-0.05, 0) is 59.4 Å². The summed E-state index contributed by atoms with van der Waals surface area (Å²) in [6.07, 6.45) is 3.93. The molecule has 3 atom stereocenters. The first kappa shape index (κ1) is 12.4. The van der Waals surface area contributed by atoms with Crippen LogP contribution in [0.5, 0.6) is 0 Å². The smallest absolute Gasteiger partial charge is 0.251 e. The molecule has 0 radical (unpaired) electrons. The van der Waals surface area contributed by atoms with Gasteiger partial charge in [0, 0.05) is 23.0 Å². The molecule has 1 saturated heterocycles. The Morgan fingerprint density at radius 3 is 3.05 bits per heavy atom. The lowest BCUT2D eigenvalue weighted by Gasteiger charge is -2.23. The third kappa shape index (κ3) is 1.96. The van der Waals surface area contributed by atoms with E-state index < -0.39 is 0 Å². The Hall–Kier alpha value is -1.33. The van der Waals surface area contributed by atoms with Gasteiger partial charge < -0.3 is 15.1 Å². The molecule has 20 heavy (non-hydrogen) atoms. The summed E-state index contributed by atoms with van der Waals surface area (Å²) in [7, 11) is 0. The molecule has 1 saturated carbocycles. The Bertz CT molecular complexity index is 682. The lowest BCUT2D eigenvalue weighted by atomic mass is 10.1. The molecule has 2 bridgehead atoms. The largest absolute Gasteiger partial charge is 0.463 e. The average molecular weight is 335 g/mol. The van der Waals surface area contributed by atoms with E-state index in [1.807, 2.05) is 12.1 Å². The zero-order chi connectivity index (χ0) is 13.7. The molecule has 1 aliphatic heterocycles. The van der Waals surface area contributed by atoms with Crippen molar-refractivity contribution in [1.29, 1.82) is 0 Å². The van der Waals surface area contributed by atoms with Crippen LogP contribution in [-0.4, -0.2) is 24.5 Å². The van der Waals surface area contributed by atoms with E-state index in [1.165, 1.54) is 6.42 Å². The van der Waals surface area contributed by atoms with Crippen LogP contribution in [0.4, 0.5) is 0 Å². The molecule has 104 valence electrons. The highest BCUT2D eigenvalue weighted by Gasteiger charge is 2.40. The van der Waals surface area contributed by atoms with Gasteiger partial charge in [-0.25, -0.2) is 0 Å². The van der Waals surface area contributed by atoms with Crippen molar-refractivity contribution in [1.82, 2.24) is 10.6 Å². The maximum absolute atomic E-state index is 12.3. The minimum absolute atomic E-state index is 0.0150. The van der Waals surface area contributed by atoms with Gasteiger partial charge in [-0.15, -0.1) is 0 Å². The number of hydrogen-bond donors (Lipinski definition) is 2. The van der Waals surface area contributed by atoms with E-state index in [1.54, 1.807) is 12.3 Å². The lowest BCUT2D eigenvalue weighted by Crippen LogP contribution is -2.47. The number of fused-ring (bicyclic) bond motifs is 3. The molecule has 5 heteroatoms. The summed E-state index contributed by atoms with van der Waals surface area (Å²) in [4.78, 5) is 12.3. The SMILES string of the molecule is O=C(NC1CC2CNC1C2)c1ccc2c(Br)coc2c1. The number of benzene rings is 1. The highest BCUT2D eigenvalue weighted by molar-refractivity contribution is 9.10. The van der Waals surface area contributed by atoms with Gasteiger partial charge in [-0.2, -0.15) is 0 Å². The Morgan fingerprint density at radius 1 is 1.40 bits per heavy atom. The quantitative estimate of drug-likeness (QED) is 0.887. The third-order valence-electron chi connectivity index (χ3n) is 4.44. The van der Waals surface area contributed by atoms with E-state index in [0.717, 1.165) is 34.3 Å². The second kappa shape index (κ2) is 4.60. The van der Waals surface area contributed by atoms with Gasteiger partial charge in [0.1, 0.15) is 11.8 Å². The molecular formula is C15H15BrN2O2. The van der Waals surface area contributed by atoms with Gasteiger partial charge in [0.25, 0.3) is 5.91 Å². The van der Waals surface area contributed by atoms with E-state index in [4.69, 9.17) is 4.42 Å². The highest BCUT2D eigenvalue weighted by atomic mass is 79.9. The second-order valence-electron chi connectivity index (χ2n) is 5.73. The Kier molecular flexibility index (Phi) is 2.86. The van der Waals surface area contributed by atoms with Crippen LogP contribution in [0.3, 0.4) is 0 Å². The number of rotatable bonds is 2. The van der Waals surface area contributed by atoms with E-state index >= 15 is 0 Å². The Morgan fingerprint density at radius 2 is 2.30 bits per heavy atom. The van der Waals surface area contributed by atoms with Crippen LogP contribution in [0.2, 0.25) is 0 Å². The third-order valence-corrected chi connectivity index (χ3v) is 5.05. The normalized spacial score (nSPS) is 28.1. The highest BCUT2D eigenvalue weighted by Crippen LogP contribution is 2.31. The van der Waals surface area contributed by atoms with Crippen LogP contribution in [0.15, 0.2) is 33.4 Å². The first-order chi connectivity index (χ1) is 9.70. The summed E-state index contributed by atoms with van der Waals surface area (Å²) in [6, 6.07) is 6.27. The predicted molar refractivity (Wildman–Crippen MR) is 79.7 cm³/mol. The van der Waals surface area contributed by atoms with Gasteiger partial charge in [-0.3, -0.25) is 4.79 Å². The van der Waals surface area contributed by atoms with Crippen molar-refractivity contribution >= 4 is 32.8 Å². The number of carbonyl (C=O) groups is 1. The maximum Gasteiger partial charge on any atom is 0.251 e. The average Bonchev–Trinajstić information content (AvgIpc) is 3.14. The summed E-state index contributed by atoms with van der Waals surface area (Å²) in [6.45, 7) is 1.10. The van der Waals surface area contributed by atoms with Crippen molar-refractivity contribution < 1.29 is 9.21 Å². The van der Waals surface area contributed by atoms with E-state index in [2.05, 4.69) is 26.6 Å². The van der Waals surface area contributed by atoms with Crippen molar-refractivity contribution in [2.45, 2.75) is 24.9 Å². The van der Waals surface area contributed by atoms with Crippen LogP contribution in [0, 0.1) is 5.92 Å². The van der Waals surface area contributed by atoms with Crippen LogP contribution in [0.25, 0.3) is 11.0 Å². The molecule has 1 aliphatic carbocycles. The predicted octanol–water partition coefficient (Wildman–Crippen LogP) is 2.68. The van der Waals surface area contributed by atoms with Crippen LogP contribution < -0.4 is 10.6 Å². The second-order valence-corrected chi connectivity index (χ2v) is 6.58. The van der Waals surface area contributed by atoms with Crippen molar-refractivity contribution in [3.63, 3.8) is 0 Å². The zero-order valence-electron chi connectivity index (χ0n) is 10.9. The summed E-state index contributed by atoms with van der Waals surface area (Å²) in [5, 5.41) is 7.59.